The first kappa shape index (κ1) is 20.1. The molecule has 3 aromatic carbocycles. The number of carbonyl (C=O) groups is 2. The van der Waals surface area contributed by atoms with E-state index in [0.29, 0.717) is 5.69 Å². The van der Waals surface area contributed by atoms with Crippen molar-refractivity contribution < 1.29 is 14.3 Å². The Labute approximate surface area is 170 Å². The molecule has 29 heavy (non-hydrogen) atoms. The largest absolute Gasteiger partial charge is 0.497 e. The van der Waals surface area contributed by atoms with E-state index in [0.717, 1.165) is 22.4 Å². The Kier molecular flexibility index (Phi) is 6.63. The number of hydrogen-bond acceptors (Lipinski definition) is 3. The zero-order chi connectivity index (χ0) is 20.6. The van der Waals surface area contributed by atoms with E-state index in [-0.39, 0.29) is 18.2 Å². The van der Waals surface area contributed by atoms with Gasteiger partial charge in [-0.25, -0.2) is 0 Å². The maximum atomic E-state index is 12.6. The fourth-order valence-corrected chi connectivity index (χ4v) is 3.11. The van der Waals surface area contributed by atoms with E-state index >= 15 is 0 Å². The van der Waals surface area contributed by atoms with Crippen LogP contribution in [0.1, 0.15) is 24.9 Å². The smallest absolute Gasteiger partial charge is 0.226 e. The Hall–Kier alpha value is -3.60. The van der Waals surface area contributed by atoms with Crippen molar-refractivity contribution in [3.05, 3.63) is 84.4 Å². The van der Waals surface area contributed by atoms with E-state index in [4.69, 9.17) is 4.74 Å². The lowest BCUT2D eigenvalue weighted by Gasteiger charge is -2.18. The van der Waals surface area contributed by atoms with E-state index in [1.165, 1.54) is 6.92 Å². The van der Waals surface area contributed by atoms with Gasteiger partial charge in [-0.15, -0.1) is 0 Å². The molecule has 5 nitrogen and oxygen atoms in total. The van der Waals surface area contributed by atoms with Crippen molar-refractivity contribution in [3.8, 4) is 16.9 Å². The fraction of sp³-hybridized carbons (Fsp3) is 0.167. The minimum atomic E-state index is -0.415. The highest BCUT2D eigenvalue weighted by molar-refractivity contribution is 5.92. The molecule has 0 saturated carbocycles. The van der Waals surface area contributed by atoms with Gasteiger partial charge in [0, 0.05) is 12.6 Å². The van der Waals surface area contributed by atoms with Crippen molar-refractivity contribution in [2.45, 2.75) is 19.4 Å². The summed E-state index contributed by atoms with van der Waals surface area (Å²) in [5, 5.41) is 5.74. The number of ether oxygens (including phenoxy) is 1. The minimum Gasteiger partial charge on any atom is -0.497 e. The van der Waals surface area contributed by atoms with Crippen LogP contribution in [0.4, 0.5) is 5.69 Å². The molecule has 0 radical (unpaired) electrons. The van der Waals surface area contributed by atoms with Gasteiger partial charge < -0.3 is 15.4 Å². The molecule has 0 aliphatic heterocycles. The minimum absolute atomic E-state index is 0.131. The lowest BCUT2D eigenvalue weighted by Crippen LogP contribution is -2.29. The summed E-state index contributed by atoms with van der Waals surface area (Å²) < 4.78 is 5.17. The molecule has 0 aliphatic carbocycles. The van der Waals surface area contributed by atoms with Crippen LogP contribution in [-0.2, 0) is 9.59 Å². The van der Waals surface area contributed by atoms with Crippen LogP contribution in [0.15, 0.2) is 78.9 Å². The Morgan fingerprint density at radius 3 is 2.07 bits per heavy atom. The standard InChI is InChI=1S/C24H24N2O3/c1-17(27)25-23(20-10-14-22(29-2)15-11-20)16-24(28)26-21-12-8-19(9-13-21)18-6-4-3-5-7-18/h3-15,23H,16H2,1-2H3,(H,25,27)(H,26,28). The van der Waals surface area contributed by atoms with Crippen molar-refractivity contribution in [3.63, 3.8) is 0 Å². The summed E-state index contributed by atoms with van der Waals surface area (Å²) >= 11 is 0. The molecule has 1 atom stereocenters. The molecule has 5 heteroatoms. The molecule has 148 valence electrons. The number of amides is 2. The van der Waals surface area contributed by atoms with Gasteiger partial charge in [-0.3, -0.25) is 9.59 Å². The van der Waals surface area contributed by atoms with Crippen LogP contribution >= 0.6 is 0 Å². The lowest BCUT2D eigenvalue weighted by molar-refractivity contribution is -0.120. The summed E-state index contributed by atoms with van der Waals surface area (Å²) in [6.45, 7) is 1.44. The van der Waals surface area contributed by atoms with Gasteiger partial charge in [-0.2, -0.15) is 0 Å². The van der Waals surface area contributed by atoms with Gasteiger partial charge >= 0.3 is 0 Å². The first-order chi connectivity index (χ1) is 14.0. The van der Waals surface area contributed by atoms with E-state index in [2.05, 4.69) is 10.6 Å². The Morgan fingerprint density at radius 2 is 1.48 bits per heavy atom. The predicted molar refractivity (Wildman–Crippen MR) is 115 cm³/mol. The number of rotatable bonds is 7. The van der Waals surface area contributed by atoms with Crippen LogP contribution in [-0.4, -0.2) is 18.9 Å². The predicted octanol–water partition coefficient (Wildman–Crippen LogP) is 4.57. The molecule has 0 aliphatic rings. The number of methoxy groups -OCH3 is 1. The summed E-state index contributed by atoms with van der Waals surface area (Å²) in [6.07, 6.45) is 0.131. The Balaban J connectivity index is 1.67. The van der Waals surface area contributed by atoms with Gasteiger partial charge in [0.1, 0.15) is 5.75 Å². The van der Waals surface area contributed by atoms with Gasteiger partial charge in [-0.05, 0) is 41.0 Å². The van der Waals surface area contributed by atoms with Gasteiger partial charge in [0.2, 0.25) is 11.8 Å². The van der Waals surface area contributed by atoms with Crippen molar-refractivity contribution >= 4 is 17.5 Å². The average molecular weight is 388 g/mol. The highest BCUT2D eigenvalue weighted by Crippen LogP contribution is 2.23. The Morgan fingerprint density at radius 1 is 0.862 bits per heavy atom. The SMILES string of the molecule is COc1ccc(C(CC(=O)Nc2ccc(-c3ccccc3)cc2)NC(C)=O)cc1. The zero-order valence-corrected chi connectivity index (χ0v) is 16.5. The van der Waals surface area contributed by atoms with Gasteiger partial charge in [0.25, 0.3) is 0 Å². The molecule has 0 aromatic heterocycles. The zero-order valence-electron chi connectivity index (χ0n) is 16.5. The third-order valence-electron chi connectivity index (χ3n) is 4.56. The second kappa shape index (κ2) is 9.55. The van der Waals surface area contributed by atoms with Crippen molar-refractivity contribution in [1.82, 2.24) is 5.32 Å². The first-order valence-corrected chi connectivity index (χ1v) is 9.41. The molecular formula is C24H24N2O3. The quantitative estimate of drug-likeness (QED) is 0.623. The molecule has 2 amide bonds. The molecule has 0 heterocycles. The third-order valence-corrected chi connectivity index (χ3v) is 4.56. The second-order valence-corrected chi connectivity index (χ2v) is 6.72. The van der Waals surface area contributed by atoms with E-state index < -0.39 is 6.04 Å². The van der Waals surface area contributed by atoms with Crippen LogP contribution in [0, 0.1) is 0 Å². The maximum absolute atomic E-state index is 12.6. The Bertz CT molecular complexity index is 952. The number of benzene rings is 3. The van der Waals surface area contributed by atoms with Crippen LogP contribution in [0.3, 0.4) is 0 Å². The van der Waals surface area contributed by atoms with Crippen LogP contribution in [0.2, 0.25) is 0 Å². The monoisotopic (exact) mass is 388 g/mol. The lowest BCUT2D eigenvalue weighted by atomic mass is 10.0. The summed E-state index contributed by atoms with van der Waals surface area (Å²) in [6, 6.07) is 24.6. The molecule has 3 aromatic rings. The third kappa shape index (κ3) is 5.69. The molecule has 0 bridgehead atoms. The number of anilines is 1. The molecule has 0 saturated heterocycles. The second-order valence-electron chi connectivity index (χ2n) is 6.72. The van der Waals surface area contributed by atoms with E-state index in [1.54, 1.807) is 7.11 Å². The van der Waals surface area contributed by atoms with Crippen molar-refractivity contribution in [2.24, 2.45) is 0 Å². The summed E-state index contributed by atoms with van der Waals surface area (Å²) in [5.74, 6) is 0.358. The molecule has 0 spiro atoms. The van der Waals surface area contributed by atoms with E-state index in [1.807, 2.05) is 78.9 Å². The van der Waals surface area contributed by atoms with Crippen LogP contribution in [0.25, 0.3) is 11.1 Å². The molecule has 1 unspecified atom stereocenters. The van der Waals surface area contributed by atoms with E-state index in [9.17, 15) is 9.59 Å². The highest BCUT2D eigenvalue weighted by Gasteiger charge is 2.17. The summed E-state index contributed by atoms with van der Waals surface area (Å²) in [5.41, 5.74) is 3.76. The fourth-order valence-electron chi connectivity index (χ4n) is 3.11. The molecular weight excluding hydrogens is 364 g/mol. The summed E-state index contributed by atoms with van der Waals surface area (Å²) in [4.78, 5) is 24.2. The van der Waals surface area contributed by atoms with Crippen LogP contribution in [0.5, 0.6) is 5.75 Å². The van der Waals surface area contributed by atoms with Crippen molar-refractivity contribution in [1.29, 1.82) is 0 Å². The van der Waals surface area contributed by atoms with Crippen LogP contribution < -0.4 is 15.4 Å². The summed E-state index contributed by atoms with van der Waals surface area (Å²) in [7, 11) is 1.59. The molecule has 3 rings (SSSR count). The average Bonchev–Trinajstić information content (AvgIpc) is 2.74. The first-order valence-electron chi connectivity index (χ1n) is 9.41. The molecule has 2 N–H and O–H groups in total. The van der Waals surface area contributed by atoms with Gasteiger partial charge in [-0.1, -0.05) is 54.6 Å². The van der Waals surface area contributed by atoms with Crippen molar-refractivity contribution in [2.75, 3.05) is 12.4 Å². The van der Waals surface area contributed by atoms with Gasteiger partial charge in [0.05, 0.1) is 19.6 Å². The number of nitrogens with one attached hydrogen (secondary N) is 2. The topological polar surface area (TPSA) is 67.4 Å². The molecule has 0 fully saturated rings. The maximum Gasteiger partial charge on any atom is 0.226 e. The number of carbonyl (C=O) groups excluding carboxylic acids is 2. The highest BCUT2D eigenvalue weighted by atomic mass is 16.5. The van der Waals surface area contributed by atoms with Gasteiger partial charge in [0.15, 0.2) is 0 Å². The normalized spacial score (nSPS) is 11.4. The number of hydrogen-bond donors (Lipinski definition) is 2.